The molecular weight excluding hydrogens is 378 g/mol. The number of para-hydroxylation sites is 3. The summed E-state index contributed by atoms with van der Waals surface area (Å²) in [5, 5.41) is 7.27. The van der Waals surface area contributed by atoms with Crippen LogP contribution in [0.2, 0.25) is 0 Å². The van der Waals surface area contributed by atoms with E-state index in [1.54, 1.807) is 6.20 Å². The number of hydrogen-bond acceptors (Lipinski definition) is 4. The molecule has 0 aliphatic heterocycles. The normalized spacial score (nSPS) is 11.2. The van der Waals surface area contributed by atoms with Crippen molar-refractivity contribution in [3.8, 4) is 5.75 Å². The fourth-order valence-corrected chi connectivity index (χ4v) is 3.33. The van der Waals surface area contributed by atoms with Gasteiger partial charge in [0.1, 0.15) is 30.5 Å². The number of rotatable bonds is 8. The highest BCUT2D eigenvalue weighted by Gasteiger charge is 2.15. The summed E-state index contributed by atoms with van der Waals surface area (Å²) >= 11 is 0. The van der Waals surface area contributed by atoms with Crippen LogP contribution in [0.1, 0.15) is 19.7 Å². The molecule has 4 aromatic rings. The molecule has 7 heteroatoms. The minimum Gasteiger partial charge on any atom is -0.486 e. The molecule has 1 amide bonds. The van der Waals surface area contributed by atoms with E-state index in [4.69, 9.17) is 4.74 Å². The molecule has 0 unspecified atom stereocenters. The second-order valence-corrected chi connectivity index (χ2v) is 7.55. The van der Waals surface area contributed by atoms with Gasteiger partial charge in [-0.25, -0.2) is 9.67 Å². The Labute approximate surface area is 175 Å². The zero-order valence-electron chi connectivity index (χ0n) is 17.2. The lowest BCUT2D eigenvalue weighted by Crippen LogP contribution is -2.23. The Bertz CT molecular complexity index is 1130. The Morgan fingerprint density at radius 1 is 1.07 bits per heavy atom. The maximum atomic E-state index is 12.8. The van der Waals surface area contributed by atoms with Crippen molar-refractivity contribution < 1.29 is 9.53 Å². The molecule has 0 bridgehead atoms. The third-order valence-corrected chi connectivity index (χ3v) is 4.67. The number of anilines is 1. The number of aromatic nitrogens is 4. The lowest BCUT2D eigenvalue weighted by Gasteiger charge is -2.13. The van der Waals surface area contributed by atoms with Crippen molar-refractivity contribution >= 4 is 22.8 Å². The van der Waals surface area contributed by atoms with Crippen LogP contribution in [-0.4, -0.2) is 25.2 Å². The van der Waals surface area contributed by atoms with Gasteiger partial charge in [0.15, 0.2) is 0 Å². The highest BCUT2D eigenvalue weighted by atomic mass is 16.5. The van der Waals surface area contributed by atoms with Crippen LogP contribution in [0.5, 0.6) is 5.75 Å². The molecule has 0 radical (unpaired) electrons. The van der Waals surface area contributed by atoms with Gasteiger partial charge in [-0.1, -0.05) is 44.2 Å². The number of hydrogen-bond donors (Lipinski definition) is 1. The number of nitrogens with zero attached hydrogens (tertiary/aromatic N) is 4. The fourth-order valence-electron chi connectivity index (χ4n) is 3.33. The number of benzene rings is 2. The SMILES string of the molecule is CC(C)Cn1nccc1NC(=O)Cn1c(COc2ccccc2)nc2ccccc21. The van der Waals surface area contributed by atoms with Crippen molar-refractivity contribution in [2.75, 3.05) is 5.32 Å². The number of amides is 1. The van der Waals surface area contributed by atoms with E-state index in [0.29, 0.717) is 17.6 Å². The van der Waals surface area contributed by atoms with Crippen LogP contribution < -0.4 is 10.1 Å². The Morgan fingerprint density at radius 3 is 2.63 bits per heavy atom. The second kappa shape index (κ2) is 8.82. The minimum absolute atomic E-state index is 0.135. The van der Waals surface area contributed by atoms with Gasteiger partial charge in [0.2, 0.25) is 5.91 Å². The lowest BCUT2D eigenvalue weighted by molar-refractivity contribution is -0.116. The number of carbonyl (C=O) groups is 1. The van der Waals surface area contributed by atoms with E-state index in [2.05, 4.69) is 29.2 Å². The van der Waals surface area contributed by atoms with Crippen molar-refractivity contribution in [3.05, 3.63) is 72.7 Å². The molecule has 30 heavy (non-hydrogen) atoms. The van der Waals surface area contributed by atoms with Crippen molar-refractivity contribution in [1.29, 1.82) is 0 Å². The summed E-state index contributed by atoms with van der Waals surface area (Å²) in [4.78, 5) is 17.5. The van der Waals surface area contributed by atoms with Gasteiger partial charge in [-0.05, 0) is 30.2 Å². The van der Waals surface area contributed by atoms with E-state index in [0.717, 1.165) is 23.3 Å². The van der Waals surface area contributed by atoms with E-state index >= 15 is 0 Å². The third kappa shape index (κ3) is 4.51. The molecule has 0 fully saturated rings. The first-order valence-electron chi connectivity index (χ1n) is 10.0. The molecular formula is C23H25N5O2. The van der Waals surface area contributed by atoms with Crippen LogP contribution in [0.15, 0.2) is 66.9 Å². The number of fused-ring (bicyclic) bond motifs is 1. The number of carbonyl (C=O) groups excluding carboxylic acids is 1. The Kier molecular flexibility index (Phi) is 5.79. The van der Waals surface area contributed by atoms with Crippen molar-refractivity contribution in [3.63, 3.8) is 0 Å². The molecule has 2 aromatic heterocycles. The van der Waals surface area contributed by atoms with Crippen molar-refractivity contribution in [2.45, 2.75) is 33.5 Å². The first kappa shape index (κ1) is 19.7. The van der Waals surface area contributed by atoms with E-state index < -0.39 is 0 Å². The number of ether oxygens (including phenoxy) is 1. The molecule has 0 atom stereocenters. The van der Waals surface area contributed by atoms with Gasteiger partial charge in [0.25, 0.3) is 0 Å². The molecule has 2 heterocycles. The van der Waals surface area contributed by atoms with Gasteiger partial charge >= 0.3 is 0 Å². The molecule has 0 spiro atoms. The van der Waals surface area contributed by atoms with Gasteiger partial charge < -0.3 is 14.6 Å². The predicted octanol–water partition coefficient (Wildman–Crippen LogP) is 4.11. The first-order chi connectivity index (χ1) is 14.6. The molecule has 7 nitrogen and oxygen atoms in total. The smallest absolute Gasteiger partial charge is 0.245 e. The quantitative estimate of drug-likeness (QED) is 0.481. The largest absolute Gasteiger partial charge is 0.486 e. The van der Waals surface area contributed by atoms with Crippen molar-refractivity contribution in [2.24, 2.45) is 5.92 Å². The van der Waals surface area contributed by atoms with E-state index in [-0.39, 0.29) is 19.1 Å². The second-order valence-electron chi connectivity index (χ2n) is 7.55. The summed E-state index contributed by atoms with van der Waals surface area (Å²) in [5.74, 6) is 2.45. The Balaban J connectivity index is 1.54. The van der Waals surface area contributed by atoms with Crippen LogP contribution in [0.25, 0.3) is 11.0 Å². The van der Waals surface area contributed by atoms with Gasteiger partial charge in [-0.3, -0.25) is 4.79 Å². The maximum absolute atomic E-state index is 12.8. The zero-order chi connectivity index (χ0) is 20.9. The van der Waals surface area contributed by atoms with Crippen molar-refractivity contribution in [1.82, 2.24) is 19.3 Å². The Hall–Kier alpha value is -3.61. The zero-order valence-corrected chi connectivity index (χ0v) is 17.2. The summed E-state index contributed by atoms with van der Waals surface area (Å²) in [5.41, 5.74) is 1.73. The molecule has 0 aliphatic rings. The van der Waals surface area contributed by atoms with Crippen LogP contribution in [-0.2, 0) is 24.5 Å². The average Bonchev–Trinajstić information content (AvgIpc) is 3.31. The van der Waals surface area contributed by atoms with E-state index in [1.165, 1.54) is 0 Å². The Morgan fingerprint density at radius 2 is 1.83 bits per heavy atom. The minimum atomic E-state index is -0.135. The van der Waals surface area contributed by atoms with Crippen LogP contribution in [0.4, 0.5) is 5.82 Å². The van der Waals surface area contributed by atoms with Gasteiger partial charge in [-0.15, -0.1) is 0 Å². The third-order valence-electron chi connectivity index (χ3n) is 4.67. The molecule has 154 valence electrons. The van der Waals surface area contributed by atoms with E-state index in [9.17, 15) is 4.79 Å². The first-order valence-corrected chi connectivity index (χ1v) is 10.0. The standard InChI is InChI=1S/C23H25N5O2/c1-17(2)14-28-21(12-13-24-28)26-23(29)15-27-20-11-7-6-10-19(20)25-22(27)16-30-18-8-4-3-5-9-18/h3-13,17H,14-16H2,1-2H3,(H,26,29). The van der Waals surface area contributed by atoms with Gasteiger partial charge in [-0.2, -0.15) is 5.10 Å². The summed E-state index contributed by atoms with van der Waals surface area (Å²) in [7, 11) is 0. The highest BCUT2D eigenvalue weighted by Crippen LogP contribution is 2.19. The van der Waals surface area contributed by atoms with Gasteiger partial charge in [0.05, 0.1) is 17.2 Å². The lowest BCUT2D eigenvalue weighted by atomic mass is 10.2. The highest BCUT2D eigenvalue weighted by molar-refractivity contribution is 5.91. The van der Waals surface area contributed by atoms with Gasteiger partial charge in [0, 0.05) is 12.6 Å². The topological polar surface area (TPSA) is 74.0 Å². The molecule has 0 aliphatic carbocycles. The van der Waals surface area contributed by atoms with E-state index in [1.807, 2.05) is 69.9 Å². The maximum Gasteiger partial charge on any atom is 0.245 e. The van der Waals surface area contributed by atoms with Crippen LogP contribution >= 0.6 is 0 Å². The predicted molar refractivity (Wildman–Crippen MR) is 116 cm³/mol. The molecule has 4 rings (SSSR count). The number of nitrogens with one attached hydrogen (secondary N) is 1. The summed E-state index contributed by atoms with van der Waals surface area (Å²) in [6.07, 6.45) is 1.70. The molecule has 2 aromatic carbocycles. The molecule has 0 saturated heterocycles. The average molecular weight is 403 g/mol. The van der Waals surface area contributed by atoms with Crippen LogP contribution in [0.3, 0.4) is 0 Å². The summed E-state index contributed by atoms with van der Waals surface area (Å²) in [6.45, 7) is 5.39. The fraction of sp³-hybridized carbons (Fsp3) is 0.261. The number of imidazole rings is 1. The summed E-state index contributed by atoms with van der Waals surface area (Å²) < 4.78 is 9.60. The monoisotopic (exact) mass is 403 g/mol. The molecule has 1 N–H and O–H groups in total. The van der Waals surface area contributed by atoms with Crippen LogP contribution in [0, 0.1) is 5.92 Å². The summed E-state index contributed by atoms with van der Waals surface area (Å²) in [6, 6.07) is 19.2. The molecule has 0 saturated carbocycles.